The van der Waals surface area contributed by atoms with Crippen LogP contribution >= 0.6 is 0 Å². The third-order valence-corrected chi connectivity index (χ3v) is 3.62. The van der Waals surface area contributed by atoms with Gasteiger partial charge >= 0.3 is 6.09 Å². The first-order valence-electron chi connectivity index (χ1n) is 8.11. The molecule has 2 rings (SSSR count). The monoisotopic (exact) mass is 305 g/mol. The van der Waals surface area contributed by atoms with Gasteiger partial charge in [0.1, 0.15) is 11.4 Å². The molecule has 5 nitrogen and oxygen atoms in total. The zero-order valence-electron chi connectivity index (χ0n) is 14.1. The lowest BCUT2D eigenvalue weighted by Crippen LogP contribution is -2.36. The summed E-state index contributed by atoms with van der Waals surface area (Å²) in [6.45, 7) is 9.43. The number of likely N-dealkylation sites (tertiary alicyclic amines) is 1. The smallest absolute Gasteiger partial charge is 0.410 e. The summed E-state index contributed by atoms with van der Waals surface area (Å²) in [5.41, 5.74) is 0.613. The van der Waals surface area contributed by atoms with Crippen molar-refractivity contribution >= 4 is 11.9 Å². The van der Waals surface area contributed by atoms with Crippen LogP contribution in [0.5, 0.6) is 0 Å². The second-order valence-electron chi connectivity index (χ2n) is 6.70. The number of anilines is 1. The molecule has 22 heavy (non-hydrogen) atoms. The minimum Gasteiger partial charge on any atom is -0.444 e. The Morgan fingerprint density at radius 2 is 2.27 bits per heavy atom. The largest absolute Gasteiger partial charge is 0.444 e. The molecule has 1 atom stereocenters. The Kier molecular flexibility index (Phi) is 5.27. The van der Waals surface area contributed by atoms with Gasteiger partial charge in [0, 0.05) is 24.8 Å². The predicted molar refractivity (Wildman–Crippen MR) is 87.9 cm³/mol. The fraction of sp³-hybridized carbons (Fsp3) is 0.647. The van der Waals surface area contributed by atoms with E-state index in [1.165, 1.54) is 0 Å². The van der Waals surface area contributed by atoms with Crippen molar-refractivity contribution in [1.29, 1.82) is 0 Å². The Morgan fingerprint density at radius 1 is 1.50 bits per heavy atom. The molecule has 0 bridgehead atoms. The van der Waals surface area contributed by atoms with Crippen LogP contribution in [0.15, 0.2) is 18.3 Å². The average Bonchev–Trinajstić information content (AvgIpc) is 2.93. The number of nitrogens with one attached hydrogen (secondary N) is 1. The maximum atomic E-state index is 12.4. The van der Waals surface area contributed by atoms with Crippen LogP contribution in [-0.4, -0.2) is 34.7 Å². The number of hydrogen-bond donors (Lipinski definition) is 1. The van der Waals surface area contributed by atoms with Crippen LogP contribution in [-0.2, 0) is 4.74 Å². The molecular formula is C17H27N3O2. The summed E-state index contributed by atoms with van der Waals surface area (Å²) in [4.78, 5) is 18.7. The zero-order chi connectivity index (χ0) is 16.2. The quantitative estimate of drug-likeness (QED) is 0.914. The SMILES string of the molecule is CCCNc1ncccc1C1CCCN1C(=O)OC(C)(C)C. The number of pyridine rings is 1. The summed E-state index contributed by atoms with van der Waals surface area (Å²) >= 11 is 0. The summed E-state index contributed by atoms with van der Waals surface area (Å²) in [6, 6.07) is 4.03. The Morgan fingerprint density at radius 3 is 2.95 bits per heavy atom. The van der Waals surface area contributed by atoms with E-state index in [1.807, 2.05) is 31.7 Å². The molecule has 1 aliphatic heterocycles. The summed E-state index contributed by atoms with van der Waals surface area (Å²) in [7, 11) is 0. The van der Waals surface area contributed by atoms with Gasteiger partial charge in [-0.15, -0.1) is 0 Å². The highest BCUT2D eigenvalue weighted by Crippen LogP contribution is 2.36. The van der Waals surface area contributed by atoms with Crippen molar-refractivity contribution in [2.24, 2.45) is 0 Å². The molecule has 0 spiro atoms. The molecule has 1 unspecified atom stereocenters. The minimum atomic E-state index is -0.470. The normalized spacial score (nSPS) is 18.4. The van der Waals surface area contributed by atoms with Crippen molar-refractivity contribution in [3.63, 3.8) is 0 Å². The van der Waals surface area contributed by atoms with Crippen LogP contribution in [0.3, 0.4) is 0 Å². The van der Waals surface area contributed by atoms with Gasteiger partial charge in [-0.25, -0.2) is 9.78 Å². The molecule has 1 amide bonds. The molecule has 0 radical (unpaired) electrons. The third kappa shape index (κ3) is 4.12. The predicted octanol–water partition coefficient (Wildman–Crippen LogP) is 3.98. The van der Waals surface area contributed by atoms with Crippen molar-refractivity contribution in [3.05, 3.63) is 23.9 Å². The van der Waals surface area contributed by atoms with E-state index in [2.05, 4.69) is 23.3 Å². The van der Waals surface area contributed by atoms with Gasteiger partial charge in [0.15, 0.2) is 0 Å². The van der Waals surface area contributed by atoms with Crippen molar-refractivity contribution in [2.75, 3.05) is 18.4 Å². The first kappa shape index (κ1) is 16.6. The number of nitrogens with zero attached hydrogens (tertiary/aromatic N) is 2. The van der Waals surface area contributed by atoms with E-state index in [9.17, 15) is 4.79 Å². The van der Waals surface area contributed by atoms with E-state index in [1.54, 1.807) is 6.20 Å². The molecule has 5 heteroatoms. The maximum Gasteiger partial charge on any atom is 0.410 e. The molecule has 2 heterocycles. The Bertz CT molecular complexity index is 511. The molecule has 0 aliphatic carbocycles. The third-order valence-electron chi connectivity index (χ3n) is 3.62. The van der Waals surface area contributed by atoms with Gasteiger partial charge in [-0.05, 0) is 46.1 Å². The van der Waals surface area contributed by atoms with Crippen LogP contribution in [0, 0.1) is 0 Å². The lowest BCUT2D eigenvalue weighted by atomic mass is 10.1. The molecule has 1 saturated heterocycles. The Hall–Kier alpha value is -1.78. The highest BCUT2D eigenvalue weighted by Gasteiger charge is 2.34. The number of amides is 1. The van der Waals surface area contributed by atoms with Crippen LogP contribution in [0.1, 0.15) is 58.6 Å². The van der Waals surface area contributed by atoms with Gasteiger partial charge in [-0.3, -0.25) is 0 Å². The van der Waals surface area contributed by atoms with E-state index in [0.29, 0.717) is 0 Å². The zero-order valence-corrected chi connectivity index (χ0v) is 14.1. The molecule has 0 aromatic carbocycles. The number of hydrogen-bond acceptors (Lipinski definition) is 4. The van der Waals surface area contributed by atoms with Crippen molar-refractivity contribution in [3.8, 4) is 0 Å². The number of carbonyl (C=O) groups is 1. The van der Waals surface area contributed by atoms with E-state index in [0.717, 1.165) is 43.7 Å². The van der Waals surface area contributed by atoms with E-state index < -0.39 is 5.60 Å². The molecule has 122 valence electrons. The maximum absolute atomic E-state index is 12.4. The second kappa shape index (κ2) is 6.99. The van der Waals surface area contributed by atoms with Gasteiger partial charge in [0.25, 0.3) is 0 Å². The molecule has 1 aliphatic rings. The summed E-state index contributed by atoms with van der Waals surface area (Å²) in [5, 5.41) is 3.36. The van der Waals surface area contributed by atoms with E-state index >= 15 is 0 Å². The highest BCUT2D eigenvalue weighted by molar-refractivity contribution is 5.70. The first-order valence-corrected chi connectivity index (χ1v) is 8.11. The Labute approximate surface area is 133 Å². The van der Waals surface area contributed by atoms with Gasteiger partial charge in [-0.2, -0.15) is 0 Å². The summed E-state index contributed by atoms with van der Waals surface area (Å²) < 4.78 is 5.54. The minimum absolute atomic E-state index is 0.0444. The van der Waals surface area contributed by atoms with Crippen LogP contribution in [0.25, 0.3) is 0 Å². The molecule has 1 fully saturated rings. The van der Waals surface area contributed by atoms with Gasteiger partial charge < -0.3 is 15.0 Å². The summed E-state index contributed by atoms with van der Waals surface area (Å²) in [5.74, 6) is 0.879. The molecule has 0 saturated carbocycles. The lowest BCUT2D eigenvalue weighted by molar-refractivity contribution is 0.0225. The van der Waals surface area contributed by atoms with Crippen LogP contribution < -0.4 is 5.32 Å². The van der Waals surface area contributed by atoms with Crippen molar-refractivity contribution in [2.45, 2.75) is 58.6 Å². The van der Waals surface area contributed by atoms with Crippen molar-refractivity contribution < 1.29 is 9.53 Å². The number of rotatable bonds is 4. The molecule has 1 aromatic rings. The van der Waals surface area contributed by atoms with E-state index in [-0.39, 0.29) is 12.1 Å². The van der Waals surface area contributed by atoms with Crippen LogP contribution in [0.2, 0.25) is 0 Å². The average molecular weight is 305 g/mol. The standard InChI is InChI=1S/C17H27N3O2/c1-5-10-18-15-13(8-6-11-19-15)14-9-7-12-20(14)16(21)22-17(2,3)4/h6,8,11,14H,5,7,9-10,12H2,1-4H3,(H,18,19). The van der Waals surface area contributed by atoms with Crippen LogP contribution in [0.4, 0.5) is 10.6 Å². The molecule has 1 N–H and O–H groups in total. The van der Waals surface area contributed by atoms with Crippen molar-refractivity contribution in [1.82, 2.24) is 9.88 Å². The number of ether oxygens (including phenoxy) is 1. The lowest BCUT2D eigenvalue weighted by Gasteiger charge is -2.29. The Balaban J connectivity index is 2.18. The molecular weight excluding hydrogens is 278 g/mol. The first-order chi connectivity index (χ1) is 10.4. The summed E-state index contributed by atoms with van der Waals surface area (Å²) in [6.07, 6.45) is 4.53. The second-order valence-corrected chi connectivity index (χ2v) is 6.70. The number of aromatic nitrogens is 1. The van der Waals surface area contributed by atoms with Gasteiger partial charge in [0.2, 0.25) is 0 Å². The highest BCUT2D eigenvalue weighted by atomic mass is 16.6. The fourth-order valence-corrected chi connectivity index (χ4v) is 2.71. The molecule has 1 aromatic heterocycles. The van der Waals surface area contributed by atoms with Gasteiger partial charge in [0.05, 0.1) is 6.04 Å². The topological polar surface area (TPSA) is 54.5 Å². The number of carbonyl (C=O) groups excluding carboxylic acids is 1. The fourth-order valence-electron chi connectivity index (χ4n) is 2.71. The van der Waals surface area contributed by atoms with E-state index in [4.69, 9.17) is 4.74 Å². The van der Waals surface area contributed by atoms with Gasteiger partial charge in [-0.1, -0.05) is 13.0 Å².